The fourth-order valence-corrected chi connectivity index (χ4v) is 2.80. The molecule has 0 amide bonds. The molecule has 0 unspecified atom stereocenters. The van der Waals surface area contributed by atoms with Gasteiger partial charge < -0.3 is 14.8 Å². The van der Waals surface area contributed by atoms with Gasteiger partial charge in [-0.2, -0.15) is 0 Å². The van der Waals surface area contributed by atoms with E-state index in [4.69, 9.17) is 9.47 Å². The summed E-state index contributed by atoms with van der Waals surface area (Å²) in [6.07, 6.45) is 5.98. The number of thioether (sulfide) groups is 1. The number of ether oxygens (including phenoxy) is 2. The SMILES string of the molecule is COCCNCc1cnc(SC2CCOCC2)nc1. The maximum atomic E-state index is 5.35. The predicted octanol–water partition coefficient (Wildman–Crippen LogP) is 1.48. The summed E-state index contributed by atoms with van der Waals surface area (Å²) in [5, 5.41) is 4.74. The van der Waals surface area contributed by atoms with Gasteiger partial charge in [0.05, 0.1) is 6.61 Å². The molecule has 5 nitrogen and oxygen atoms in total. The van der Waals surface area contributed by atoms with Crippen LogP contribution in [0.4, 0.5) is 0 Å². The Morgan fingerprint density at radius 3 is 2.79 bits per heavy atom. The highest BCUT2D eigenvalue weighted by atomic mass is 32.2. The van der Waals surface area contributed by atoms with Gasteiger partial charge in [0, 0.05) is 56.6 Å². The summed E-state index contributed by atoms with van der Waals surface area (Å²) >= 11 is 1.76. The summed E-state index contributed by atoms with van der Waals surface area (Å²) in [5.41, 5.74) is 1.10. The molecule has 0 bridgehead atoms. The third-order valence-electron chi connectivity index (χ3n) is 2.93. The third kappa shape index (κ3) is 5.44. The smallest absolute Gasteiger partial charge is 0.187 e. The average Bonchev–Trinajstić information content (AvgIpc) is 2.46. The largest absolute Gasteiger partial charge is 0.383 e. The molecule has 1 aromatic rings. The number of methoxy groups -OCH3 is 1. The van der Waals surface area contributed by atoms with Gasteiger partial charge in [-0.25, -0.2) is 9.97 Å². The van der Waals surface area contributed by atoms with E-state index in [2.05, 4.69) is 15.3 Å². The fraction of sp³-hybridized carbons (Fsp3) is 0.692. The van der Waals surface area contributed by atoms with Crippen molar-refractivity contribution in [1.29, 1.82) is 0 Å². The van der Waals surface area contributed by atoms with Crippen molar-refractivity contribution in [2.45, 2.75) is 29.8 Å². The van der Waals surface area contributed by atoms with Crippen LogP contribution in [0.25, 0.3) is 0 Å². The van der Waals surface area contributed by atoms with Gasteiger partial charge in [0.15, 0.2) is 5.16 Å². The lowest BCUT2D eigenvalue weighted by Crippen LogP contribution is -2.19. The summed E-state index contributed by atoms with van der Waals surface area (Å²) in [6, 6.07) is 0. The van der Waals surface area contributed by atoms with E-state index in [0.717, 1.165) is 56.5 Å². The molecule has 0 radical (unpaired) electrons. The zero-order valence-electron chi connectivity index (χ0n) is 11.3. The van der Waals surface area contributed by atoms with Gasteiger partial charge >= 0.3 is 0 Å². The first-order valence-corrected chi connectivity index (χ1v) is 7.51. The standard InChI is InChI=1S/C13H21N3O2S/c1-17-7-4-14-8-11-9-15-13(16-10-11)19-12-2-5-18-6-3-12/h9-10,12,14H,2-8H2,1H3. The average molecular weight is 283 g/mol. The van der Waals surface area contributed by atoms with E-state index in [9.17, 15) is 0 Å². The first-order valence-electron chi connectivity index (χ1n) is 6.63. The molecule has 106 valence electrons. The van der Waals surface area contributed by atoms with Gasteiger partial charge in [-0.15, -0.1) is 0 Å². The summed E-state index contributed by atoms with van der Waals surface area (Å²) < 4.78 is 10.3. The number of rotatable bonds is 7. The summed E-state index contributed by atoms with van der Waals surface area (Å²) in [4.78, 5) is 8.82. The van der Waals surface area contributed by atoms with Gasteiger partial charge in [-0.3, -0.25) is 0 Å². The molecule has 1 fully saturated rings. The van der Waals surface area contributed by atoms with Crippen molar-refractivity contribution in [3.8, 4) is 0 Å². The minimum absolute atomic E-state index is 0.597. The van der Waals surface area contributed by atoms with Crippen LogP contribution < -0.4 is 5.32 Å². The molecular formula is C13H21N3O2S. The lowest BCUT2D eigenvalue weighted by Gasteiger charge is -2.20. The van der Waals surface area contributed by atoms with Gasteiger partial charge in [0.1, 0.15) is 0 Å². The van der Waals surface area contributed by atoms with Crippen molar-refractivity contribution in [3.05, 3.63) is 18.0 Å². The molecule has 1 aromatic heterocycles. The molecule has 0 aromatic carbocycles. The maximum absolute atomic E-state index is 5.35. The van der Waals surface area contributed by atoms with Crippen molar-refractivity contribution in [2.24, 2.45) is 0 Å². The normalized spacial score (nSPS) is 16.7. The van der Waals surface area contributed by atoms with E-state index in [1.54, 1.807) is 18.9 Å². The number of aromatic nitrogens is 2. The van der Waals surface area contributed by atoms with Crippen LogP contribution in [0.3, 0.4) is 0 Å². The van der Waals surface area contributed by atoms with Crippen LogP contribution in [-0.2, 0) is 16.0 Å². The highest BCUT2D eigenvalue weighted by molar-refractivity contribution is 7.99. The number of nitrogens with zero attached hydrogens (tertiary/aromatic N) is 2. The van der Waals surface area contributed by atoms with Crippen molar-refractivity contribution in [1.82, 2.24) is 15.3 Å². The molecule has 0 saturated carbocycles. The van der Waals surface area contributed by atoms with Gasteiger partial charge in [0.2, 0.25) is 0 Å². The molecule has 0 aliphatic carbocycles. The molecule has 1 saturated heterocycles. The first-order chi connectivity index (χ1) is 9.38. The summed E-state index contributed by atoms with van der Waals surface area (Å²) in [5.74, 6) is 0. The Hall–Kier alpha value is -0.690. The van der Waals surface area contributed by atoms with E-state index in [1.807, 2.05) is 12.4 Å². The Morgan fingerprint density at radius 2 is 2.11 bits per heavy atom. The van der Waals surface area contributed by atoms with Crippen molar-refractivity contribution < 1.29 is 9.47 Å². The molecule has 0 atom stereocenters. The van der Waals surface area contributed by atoms with Crippen molar-refractivity contribution in [3.63, 3.8) is 0 Å². The second-order valence-corrected chi connectivity index (χ2v) is 5.74. The highest BCUT2D eigenvalue weighted by Crippen LogP contribution is 2.26. The Balaban J connectivity index is 1.74. The molecule has 2 heterocycles. The molecule has 1 aliphatic rings. The molecule has 2 rings (SSSR count). The molecule has 1 aliphatic heterocycles. The molecule has 0 spiro atoms. The van der Waals surface area contributed by atoms with Gasteiger partial charge in [0.25, 0.3) is 0 Å². The Kier molecular flexibility index (Phi) is 6.56. The second-order valence-electron chi connectivity index (χ2n) is 4.47. The maximum Gasteiger partial charge on any atom is 0.187 e. The van der Waals surface area contributed by atoms with Crippen LogP contribution in [0, 0.1) is 0 Å². The lowest BCUT2D eigenvalue weighted by atomic mass is 10.2. The van der Waals surface area contributed by atoms with Crippen LogP contribution in [0.15, 0.2) is 17.6 Å². The van der Waals surface area contributed by atoms with Crippen LogP contribution in [0.5, 0.6) is 0 Å². The predicted molar refractivity (Wildman–Crippen MR) is 75.3 cm³/mol. The molecule has 1 N–H and O–H groups in total. The molecule has 19 heavy (non-hydrogen) atoms. The van der Waals surface area contributed by atoms with Crippen molar-refractivity contribution >= 4 is 11.8 Å². The van der Waals surface area contributed by atoms with E-state index in [-0.39, 0.29) is 0 Å². The molecule has 6 heteroatoms. The van der Waals surface area contributed by atoms with Crippen LogP contribution in [0.1, 0.15) is 18.4 Å². The Morgan fingerprint density at radius 1 is 1.37 bits per heavy atom. The minimum Gasteiger partial charge on any atom is -0.383 e. The summed E-state index contributed by atoms with van der Waals surface area (Å²) in [7, 11) is 1.70. The van der Waals surface area contributed by atoms with E-state index < -0.39 is 0 Å². The van der Waals surface area contributed by atoms with E-state index >= 15 is 0 Å². The zero-order chi connectivity index (χ0) is 13.3. The van der Waals surface area contributed by atoms with Crippen molar-refractivity contribution in [2.75, 3.05) is 33.5 Å². The Bertz CT molecular complexity index is 355. The quantitative estimate of drug-likeness (QED) is 0.604. The third-order valence-corrected chi connectivity index (χ3v) is 4.16. The highest BCUT2D eigenvalue weighted by Gasteiger charge is 2.16. The van der Waals surface area contributed by atoms with Crippen LogP contribution >= 0.6 is 11.8 Å². The number of hydrogen-bond donors (Lipinski definition) is 1. The fourth-order valence-electron chi connectivity index (χ4n) is 1.84. The minimum atomic E-state index is 0.597. The van der Waals surface area contributed by atoms with Gasteiger partial charge in [-0.1, -0.05) is 11.8 Å². The topological polar surface area (TPSA) is 56.3 Å². The van der Waals surface area contributed by atoms with Gasteiger partial charge in [-0.05, 0) is 12.8 Å². The van der Waals surface area contributed by atoms with E-state index in [1.165, 1.54) is 0 Å². The molecular weight excluding hydrogens is 262 g/mol. The summed E-state index contributed by atoms with van der Waals surface area (Å²) in [6.45, 7) is 4.07. The van der Waals surface area contributed by atoms with Crippen LogP contribution in [0.2, 0.25) is 0 Å². The Labute approximate surface area is 118 Å². The van der Waals surface area contributed by atoms with Crippen LogP contribution in [-0.4, -0.2) is 48.7 Å². The second kappa shape index (κ2) is 8.47. The number of hydrogen-bond acceptors (Lipinski definition) is 6. The lowest BCUT2D eigenvalue weighted by molar-refractivity contribution is 0.1000. The zero-order valence-corrected chi connectivity index (χ0v) is 12.1. The number of nitrogens with one attached hydrogen (secondary N) is 1. The first kappa shape index (κ1) is 14.7. The van der Waals surface area contributed by atoms with E-state index in [0.29, 0.717) is 5.25 Å². The monoisotopic (exact) mass is 283 g/mol.